The Morgan fingerprint density at radius 1 is 1.03 bits per heavy atom. The minimum Gasteiger partial charge on any atom is -0.368 e. The van der Waals surface area contributed by atoms with Crippen LogP contribution in [0.3, 0.4) is 0 Å². The lowest BCUT2D eigenvalue weighted by Crippen LogP contribution is -2.34. The van der Waals surface area contributed by atoms with Crippen molar-refractivity contribution in [1.82, 2.24) is 19.5 Å². The van der Waals surface area contributed by atoms with Crippen LogP contribution in [0.2, 0.25) is 0 Å². The summed E-state index contributed by atoms with van der Waals surface area (Å²) < 4.78 is 1.65. The third kappa shape index (κ3) is 3.16. The first-order valence-corrected chi connectivity index (χ1v) is 9.68. The molecule has 1 saturated carbocycles. The number of Topliss-reactive ketones (excluding diaryl/α,β-unsaturated/α-hetero) is 1. The van der Waals surface area contributed by atoms with Crippen molar-refractivity contribution >= 4 is 29.1 Å². The van der Waals surface area contributed by atoms with E-state index in [1.54, 1.807) is 28.8 Å². The summed E-state index contributed by atoms with van der Waals surface area (Å²) in [5, 5.41) is 7.66. The van der Waals surface area contributed by atoms with Crippen molar-refractivity contribution in [2.45, 2.75) is 19.3 Å². The number of pyridine rings is 1. The molecule has 2 aromatic heterocycles. The van der Waals surface area contributed by atoms with Crippen molar-refractivity contribution in [1.29, 1.82) is 0 Å². The maximum absolute atomic E-state index is 12.4. The second-order valence-corrected chi connectivity index (χ2v) is 7.36. The Bertz CT molecular complexity index is 1110. The van der Waals surface area contributed by atoms with E-state index in [0.717, 1.165) is 12.8 Å². The lowest BCUT2D eigenvalue weighted by molar-refractivity contribution is -0.119. The molecule has 0 unspecified atom stereocenters. The minimum atomic E-state index is -0.271. The van der Waals surface area contributed by atoms with Crippen LogP contribution in [0.1, 0.15) is 39.4 Å². The average Bonchev–Trinajstić information content (AvgIpc) is 3.46. The van der Waals surface area contributed by atoms with Crippen LogP contribution in [0, 0.1) is 5.92 Å². The number of fused-ring (bicyclic) bond motifs is 2. The van der Waals surface area contributed by atoms with E-state index in [-0.39, 0.29) is 36.5 Å². The number of carbonyl (C=O) groups is 3. The molecule has 2 amide bonds. The van der Waals surface area contributed by atoms with Crippen molar-refractivity contribution in [3.8, 4) is 0 Å². The number of carbonyl (C=O) groups excluding carboxylic acids is 3. The van der Waals surface area contributed by atoms with Gasteiger partial charge in [0.2, 0.25) is 0 Å². The van der Waals surface area contributed by atoms with E-state index in [1.165, 1.54) is 4.90 Å². The highest BCUT2D eigenvalue weighted by Crippen LogP contribution is 2.30. The Morgan fingerprint density at radius 3 is 2.45 bits per heavy atom. The molecule has 2 aliphatic rings. The summed E-state index contributed by atoms with van der Waals surface area (Å²) in [6, 6.07) is 12.4. The van der Waals surface area contributed by atoms with Gasteiger partial charge in [-0.25, -0.2) is 4.98 Å². The molecule has 0 saturated heterocycles. The van der Waals surface area contributed by atoms with E-state index >= 15 is 0 Å². The van der Waals surface area contributed by atoms with E-state index in [2.05, 4.69) is 15.4 Å². The Hall–Kier alpha value is -3.55. The quantitative estimate of drug-likeness (QED) is 0.621. The van der Waals surface area contributed by atoms with E-state index in [1.807, 2.05) is 18.2 Å². The van der Waals surface area contributed by atoms with Crippen molar-refractivity contribution in [2.75, 3.05) is 18.4 Å². The van der Waals surface area contributed by atoms with E-state index < -0.39 is 0 Å². The number of aromatic nitrogens is 3. The van der Waals surface area contributed by atoms with E-state index in [9.17, 15) is 14.4 Å². The van der Waals surface area contributed by atoms with Gasteiger partial charge in [-0.15, -0.1) is 5.10 Å². The van der Waals surface area contributed by atoms with Gasteiger partial charge in [0.1, 0.15) is 11.6 Å². The number of nitrogens with one attached hydrogen (secondary N) is 1. The lowest BCUT2D eigenvalue weighted by Gasteiger charge is -2.15. The topological polar surface area (TPSA) is 96.7 Å². The molecular weight excluding hydrogens is 370 g/mol. The fourth-order valence-electron chi connectivity index (χ4n) is 3.60. The molecule has 3 heterocycles. The van der Waals surface area contributed by atoms with Crippen LogP contribution >= 0.6 is 0 Å². The first-order chi connectivity index (χ1) is 14.1. The zero-order valence-electron chi connectivity index (χ0n) is 15.7. The predicted octanol–water partition coefficient (Wildman–Crippen LogP) is 1.96. The van der Waals surface area contributed by atoms with Gasteiger partial charge in [0.05, 0.1) is 17.5 Å². The maximum Gasteiger partial charge on any atom is 0.261 e. The third-order valence-electron chi connectivity index (χ3n) is 5.29. The standard InChI is InChI=1S/C21H19N5O3/c27-16(13-8-9-13)12-17-23-19-7-3-6-18(26(19)24-17)22-10-11-25-20(28)14-4-1-2-5-15(14)21(25)29/h1-7,13,22H,8-12H2. The lowest BCUT2D eigenvalue weighted by atomic mass is 10.1. The second kappa shape index (κ2) is 6.80. The van der Waals surface area contributed by atoms with Gasteiger partial charge in [-0.1, -0.05) is 18.2 Å². The van der Waals surface area contributed by atoms with E-state index in [4.69, 9.17) is 0 Å². The highest BCUT2D eigenvalue weighted by atomic mass is 16.2. The Kier molecular flexibility index (Phi) is 4.12. The van der Waals surface area contributed by atoms with Gasteiger partial charge in [0.25, 0.3) is 11.8 Å². The van der Waals surface area contributed by atoms with Gasteiger partial charge in [0.15, 0.2) is 11.5 Å². The van der Waals surface area contributed by atoms with Gasteiger partial charge >= 0.3 is 0 Å². The highest BCUT2D eigenvalue weighted by molar-refractivity contribution is 6.21. The average molecular weight is 389 g/mol. The molecule has 0 spiro atoms. The first-order valence-electron chi connectivity index (χ1n) is 9.68. The summed E-state index contributed by atoms with van der Waals surface area (Å²) >= 11 is 0. The number of hydrogen-bond donors (Lipinski definition) is 1. The number of imide groups is 1. The summed E-state index contributed by atoms with van der Waals surface area (Å²) in [6.45, 7) is 0.616. The highest BCUT2D eigenvalue weighted by Gasteiger charge is 2.34. The summed E-state index contributed by atoms with van der Waals surface area (Å²) in [4.78, 5) is 42.6. The van der Waals surface area contributed by atoms with Crippen molar-refractivity contribution in [3.63, 3.8) is 0 Å². The Morgan fingerprint density at radius 2 is 1.76 bits per heavy atom. The molecule has 5 rings (SSSR count). The number of anilines is 1. The number of benzene rings is 1. The predicted molar refractivity (Wildman–Crippen MR) is 105 cm³/mol. The van der Waals surface area contributed by atoms with Crippen LogP contribution in [-0.4, -0.2) is 50.2 Å². The molecule has 146 valence electrons. The molecule has 1 aliphatic carbocycles. The maximum atomic E-state index is 12.4. The molecule has 0 atom stereocenters. The van der Waals surface area contributed by atoms with Crippen LogP contribution in [-0.2, 0) is 11.2 Å². The van der Waals surface area contributed by atoms with Gasteiger partial charge < -0.3 is 5.32 Å². The summed E-state index contributed by atoms with van der Waals surface area (Å²) in [6.07, 6.45) is 2.19. The fraction of sp³-hybridized carbons (Fsp3) is 0.286. The van der Waals surface area contributed by atoms with Gasteiger partial charge in [-0.2, -0.15) is 4.52 Å². The third-order valence-corrected chi connectivity index (χ3v) is 5.29. The van der Waals surface area contributed by atoms with Crippen LogP contribution in [0.15, 0.2) is 42.5 Å². The normalized spacial score (nSPS) is 15.8. The molecule has 3 aromatic rings. The zero-order valence-corrected chi connectivity index (χ0v) is 15.7. The number of nitrogens with zero attached hydrogens (tertiary/aromatic N) is 4. The van der Waals surface area contributed by atoms with Crippen LogP contribution in [0.5, 0.6) is 0 Å². The SMILES string of the molecule is O=C(Cc1nc2cccc(NCCN3C(=O)c4ccccc4C3=O)n2n1)C1CC1. The first kappa shape index (κ1) is 17.5. The molecule has 1 aromatic carbocycles. The summed E-state index contributed by atoms with van der Waals surface area (Å²) in [7, 11) is 0. The van der Waals surface area contributed by atoms with Crippen molar-refractivity contribution < 1.29 is 14.4 Å². The van der Waals surface area contributed by atoms with Gasteiger partial charge in [-0.05, 0) is 37.1 Å². The second-order valence-electron chi connectivity index (χ2n) is 7.36. The molecule has 1 aliphatic heterocycles. The molecule has 0 bridgehead atoms. The molecule has 0 radical (unpaired) electrons. The van der Waals surface area contributed by atoms with E-state index in [0.29, 0.717) is 35.0 Å². The minimum absolute atomic E-state index is 0.180. The monoisotopic (exact) mass is 389 g/mol. The molecular formula is C21H19N5O3. The number of rotatable bonds is 7. The largest absolute Gasteiger partial charge is 0.368 e. The Balaban J connectivity index is 1.27. The van der Waals surface area contributed by atoms with Crippen molar-refractivity contribution in [3.05, 3.63) is 59.4 Å². The molecule has 8 heteroatoms. The Labute approximate surface area is 166 Å². The zero-order chi connectivity index (χ0) is 20.0. The smallest absolute Gasteiger partial charge is 0.261 e. The molecule has 8 nitrogen and oxygen atoms in total. The number of hydrogen-bond acceptors (Lipinski definition) is 6. The van der Waals surface area contributed by atoms with Gasteiger partial charge in [-0.3, -0.25) is 19.3 Å². The molecule has 1 fully saturated rings. The number of ketones is 1. The number of amides is 2. The van der Waals surface area contributed by atoms with Crippen LogP contribution in [0.25, 0.3) is 5.65 Å². The molecule has 29 heavy (non-hydrogen) atoms. The van der Waals surface area contributed by atoms with Crippen molar-refractivity contribution in [2.24, 2.45) is 5.92 Å². The van der Waals surface area contributed by atoms with Gasteiger partial charge in [0, 0.05) is 19.0 Å². The fourth-order valence-corrected chi connectivity index (χ4v) is 3.60. The summed E-state index contributed by atoms with van der Waals surface area (Å²) in [5.41, 5.74) is 1.54. The van der Waals surface area contributed by atoms with Crippen LogP contribution in [0.4, 0.5) is 5.82 Å². The van der Waals surface area contributed by atoms with Crippen LogP contribution < -0.4 is 5.32 Å². The summed E-state index contributed by atoms with van der Waals surface area (Å²) in [5.74, 6) is 1.03. The molecule has 1 N–H and O–H groups in total.